The Morgan fingerprint density at radius 3 is 2.67 bits per heavy atom. The van der Waals surface area contributed by atoms with E-state index in [0.717, 1.165) is 30.5 Å². The van der Waals surface area contributed by atoms with Crippen LogP contribution in [0, 0.1) is 0 Å². The summed E-state index contributed by atoms with van der Waals surface area (Å²) in [4.78, 5) is 16.2. The Morgan fingerprint density at radius 2 is 1.97 bits per heavy atom. The van der Waals surface area contributed by atoms with E-state index < -0.39 is 12.1 Å². The van der Waals surface area contributed by atoms with Gasteiger partial charge in [0.2, 0.25) is 5.91 Å². The van der Waals surface area contributed by atoms with Crippen LogP contribution in [-0.2, 0) is 11.2 Å². The van der Waals surface area contributed by atoms with E-state index in [1.54, 1.807) is 6.92 Å². The molecule has 1 aliphatic heterocycles. The van der Waals surface area contributed by atoms with Crippen LogP contribution in [0.4, 0.5) is 5.69 Å². The van der Waals surface area contributed by atoms with Gasteiger partial charge in [0.25, 0.3) is 0 Å². The number of hydrogen-bond donors (Lipinski definition) is 3. The van der Waals surface area contributed by atoms with Gasteiger partial charge in [-0.2, -0.15) is 5.10 Å². The third-order valence-electron chi connectivity index (χ3n) is 5.71. The first kappa shape index (κ1) is 20.3. The van der Waals surface area contributed by atoms with Crippen molar-refractivity contribution in [3.63, 3.8) is 0 Å². The molecule has 0 aliphatic carbocycles. The summed E-state index contributed by atoms with van der Waals surface area (Å²) in [5, 5.41) is 21.1. The number of anilines is 1. The molecule has 156 valence electrons. The van der Waals surface area contributed by atoms with Crippen LogP contribution >= 0.6 is 0 Å². The molecular weight excluding hydrogens is 378 g/mol. The number of benzene rings is 2. The standard InChI is InChI=1S/C23H27N5O2/c1-16(28-15-24-14-25-28)23(30)27-19-9-7-17(8-10-19)13-20-11-12-21(26-20)22(29)18-5-3-2-4-6-18/h2-10,14-16,20-22,26,29H,11-13H2,1H3,(H,27,30). The normalized spacial score (nSPS) is 20.6. The number of aliphatic hydroxyl groups is 1. The molecule has 3 N–H and O–H groups in total. The van der Waals surface area contributed by atoms with Gasteiger partial charge >= 0.3 is 0 Å². The lowest BCUT2D eigenvalue weighted by molar-refractivity contribution is -0.119. The van der Waals surface area contributed by atoms with Crippen molar-refractivity contribution >= 4 is 11.6 Å². The Morgan fingerprint density at radius 1 is 1.20 bits per heavy atom. The fourth-order valence-electron chi connectivity index (χ4n) is 3.94. The summed E-state index contributed by atoms with van der Waals surface area (Å²) in [5.41, 5.74) is 2.91. The number of nitrogens with one attached hydrogen (secondary N) is 2. The van der Waals surface area contributed by atoms with E-state index in [9.17, 15) is 9.90 Å². The van der Waals surface area contributed by atoms with Gasteiger partial charge in [-0.25, -0.2) is 9.67 Å². The van der Waals surface area contributed by atoms with E-state index in [2.05, 4.69) is 20.7 Å². The van der Waals surface area contributed by atoms with Gasteiger partial charge in [0.15, 0.2) is 0 Å². The molecule has 4 atom stereocenters. The van der Waals surface area contributed by atoms with Crippen molar-refractivity contribution in [2.24, 2.45) is 0 Å². The largest absolute Gasteiger partial charge is 0.387 e. The molecule has 7 nitrogen and oxygen atoms in total. The molecule has 4 unspecified atom stereocenters. The Kier molecular flexibility index (Phi) is 6.21. The molecule has 0 saturated carbocycles. The molecular formula is C23H27N5O2. The molecule has 0 radical (unpaired) electrons. The van der Waals surface area contributed by atoms with Gasteiger partial charge in [-0.1, -0.05) is 42.5 Å². The Balaban J connectivity index is 1.29. The minimum Gasteiger partial charge on any atom is -0.387 e. The van der Waals surface area contributed by atoms with Crippen molar-refractivity contribution in [2.75, 3.05) is 5.32 Å². The Hall–Kier alpha value is -3.03. The van der Waals surface area contributed by atoms with Crippen molar-refractivity contribution in [2.45, 2.75) is 50.4 Å². The Labute approximate surface area is 176 Å². The molecule has 2 heterocycles. The van der Waals surface area contributed by atoms with E-state index in [1.807, 2.05) is 54.6 Å². The van der Waals surface area contributed by atoms with Crippen LogP contribution in [-0.4, -0.2) is 37.9 Å². The molecule has 3 aromatic rings. The number of rotatable bonds is 7. The highest BCUT2D eigenvalue weighted by atomic mass is 16.3. The summed E-state index contributed by atoms with van der Waals surface area (Å²) in [6.45, 7) is 1.78. The van der Waals surface area contributed by atoms with Crippen molar-refractivity contribution in [3.05, 3.63) is 78.4 Å². The highest BCUT2D eigenvalue weighted by molar-refractivity contribution is 5.93. The summed E-state index contributed by atoms with van der Waals surface area (Å²) >= 11 is 0. The van der Waals surface area contributed by atoms with Gasteiger partial charge in [-0.05, 0) is 49.4 Å². The average molecular weight is 406 g/mol. The minimum absolute atomic E-state index is 0.0780. The molecule has 0 bridgehead atoms. The van der Waals surface area contributed by atoms with E-state index in [1.165, 1.54) is 22.9 Å². The molecule has 1 aliphatic rings. The first-order valence-electron chi connectivity index (χ1n) is 10.3. The predicted molar refractivity (Wildman–Crippen MR) is 115 cm³/mol. The van der Waals surface area contributed by atoms with E-state index in [4.69, 9.17) is 0 Å². The quantitative estimate of drug-likeness (QED) is 0.562. The molecule has 1 aromatic heterocycles. The maximum absolute atomic E-state index is 12.4. The number of hydrogen-bond acceptors (Lipinski definition) is 5. The zero-order valence-corrected chi connectivity index (χ0v) is 17.0. The lowest BCUT2D eigenvalue weighted by atomic mass is 10.0. The number of carbonyl (C=O) groups is 1. The second-order valence-electron chi connectivity index (χ2n) is 7.84. The summed E-state index contributed by atoms with van der Waals surface area (Å²) in [7, 11) is 0. The van der Waals surface area contributed by atoms with Crippen molar-refractivity contribution in [3.8, 4) is 0 Å². The molecule has 30 heavy (non-hydrogen) atoms. The molecule has 4 rings (SSSR count). The van der Waals surface area contributed by atoms with Gasteiger partial charge < -0.3 is 15.7 Å². The zero-order valence-electron chi connectivity index (χ0n) is 17.0. The highest BCUT2D eigenvalue weighted by Crippen LogP contribution is 2.27. The average Bonchev–Trinajstić information content (AvgIpc) is 3.47. The summed E-state index contributed by atoms with van der Waals surface area (Å²) < 4.78 is 1.52. The molecule has 1 fully saturated rings. The number of amides is 1. The van der Waals surface area contributed by atoms with E-state index >= 15 is 0 Å². The topological polar surface area (TPSA) is 92.1 Å². The molecule has 1 saturated heterocycles. The van der Waals surface area contributed by atoms with Gasteiger partial charge in [0.1, 0.15) is 18.7 Å². The highest BCUT2D eigenvalue weighted by Gasteiger charge is 2.29. The van der Waals surface area contributed by atoms with Crippen molar-refractivity contribution in [1.29, 1.82) is 0 Å². The van der Waals surface area contributed by atoms with Crippen molar-refractivity contribution in [1.82, 2.24) is 20.1 Å². The van der Waals surface area contributed by atoms with Crippen LogP contribution in [0.25, 0.3) is 0 Å². The van der Waals surface area contributed by atoms with Crippen LogP contribution in [0.2, 0.25) is 0 Å². The smallest absolute Gasteiger partial charge is 0.249 e. The van der Waals surface area contributed by atoms with Gasteiger partial charge in [-0.3, -0.25) is 4.79 Å². The Bertz CT molecular complexity index is 943. The minimum atomic E-state index is -0.485. The van der Waals surface area contributed by atoms with Crippen LogP contribution in [0.1, 0.15) is 43.0 Å². The first-order valence-corrected chi connectivity index (χ1v) is 10.3. The van der Waals surface area contributed by atoms with E-state index in [-0.39, 0.29) is 11.9 Å². The third kappa shape index (κ3) is 4.75. The van der Waals surface area contributed by atoms with Gasteiger partial charge in [0, 0.05) is 17.8 Å². The number of nitrogens with zero attached hydrogens (tertiary/aromatic N) is 3. The predicted octanol–water partition coefficient (Wildman–Crippen LogP) is 2.87. The maximum Gasteiger partial charge on any atom is 0.249 e. The zero-order chi connectivity index (χ0) is 20.9. The molecule has 2 aromatic carbocycles. The lowest BCUT2D eigenvalue weighted by Gasteiger charge is -2.20. The monoisotopic (exact) mass is 405 g/mol. The fraction of sp³-hybridized carbons (Fsp3) is 0.348. The SMILES string of the molecule is CC(C(=O)Nc1ccc(CC2CCC(C(O)c3ccccc3)N2)cc1)n1cncn1. The van der Waals surface area contributed by atoms with Crippen LogP contribution in [0.3, 0.4) is 0 Å². The van der Waals surface area contributed by atoms with Crippen LogP contribution < -0.4 is 10.6 Å². The summed E-state index contributed by atoms with van der Waals surface area (Å²) in [6, 6.07) is 17.7. The molecule has 1 amide bonds. The van der Waals surface area contributed by atoms with Crippen LogP contribution in [0.5, 0.6) is 0 Å². The summed E-state index contributed by atoms with van der Waals surface area (Å²) in [5.74, 6) is -0.136. The van der Waals surface area contributed by atoms with Crippen LogP contribution in [0.15, 0.2) is 67.3 Å². The number of carbonyl (C=O) groups excluding carboxylic acids is 1. The van der Waals surface area contributed by atoms with E-state index in [0.29, 0.717) is 6.04 Å². The third-order valence-corrected chi connectivity index (χ3v) is 5.71. The van der Waals surface area contributed by atoms with Gasteiger partial charge in [0.05, 0.1) is 6.10 Å². The first-order chi connectivity index (χ1) is 14.6. The summed E-state index contributed by atoms with van der Waals surface area (Å²) in [6.07, 6.45) is 5.34. The molecule has 0 spiro atoms. The number of aromatic nitrogens is 3. The van der Waals surface area contributed by atoms with Crippen molar-refractivity contribution < 1.29 is 9.90 Å². The fourth-order valence-corrected chi connectivity index (χ4v) is 3.94. The molecule has 7 heteroatoms. The lowest BCUT2D eigenvalue weighted by Crippen LogP contribution is -2.35. The number of aliphatic hydroxyl groups excluding tert-OH is 1. The maximum atomic E-state index is 12.4. The van der Waals surface area contributed by atoms with Gasteiger partial charge in [-0.15, -0.1) is 0 Å². The second kappa shape index (κ2) is 9.19. The second-order valence-corrected chi connectivity index (χ2v) is 7.84.